The Morgan fingerprint density at radius 2 is 1.78 bits per heavy atom. The lowest BCUT2D eigenvalue weighted by atomic mass is 9.72. The minimum Gasteiger partial charge on any atom is -0.385 e. The van der Waals surface area contributed by atoms with Crippen LogP contribution in [0, 0.1) is 17.8 Å². The Morgan fingerprint density at radius 3 is 2.44 bits per heavy atom. The van der Waals surface area contributed by atoms with E-state index >= 15 is 0 Å². The first-order valence-corrected chi connectivity index (χ1v) is 13.2. The van der Waals surface area contributed by atoms with Crippen LogP contribution in [0.4, 0.5) is 0 Å². The van der Waals surface area contributed by atoms with E-state index in [0.29, 0.717) is 28.9 Å². The number of hydrogen-bond acceptors (Lipinski definition) is 5. The number of rotatable bonds is 5. The van der Waals surface area contributed by atoms with Crippen molar-refractivity contribution in [3.63, 3.8) is 0 Å². The van der Waals surface area contributed by atoms with E-state index in [9.17, 15) is 14.7 Å². The first kappa shape index (κ1) is 24.7. The predicted molar refractivity (Wildman–Crippen MR) is 141 cm³/mol. The lowest BCUT2D eigenvalue weighted by molar-refractivity contribution is -0.0495. The average Bonchev–Trinajstić information content (AvgIpc) is 3.69. The number of likely N-dealkylation sites (tertiary alicyclic amines) is 1. The van der Waals surface area contributed by atoms with Crippen molar-refractivity contribution < 1.29 is 5.11 Å². The van der Waals surface area contributed by atoms with Crippen LogP contribution in [0.3, 0.4) is 0 Å². The van der Waals surface area contributed by atoms with Gasteiger partial charge in [0.2, 0.25) is 0 Å². The summed E-state index contributed by atoms with van der Waals surface area (Å²) in [6.45, 7) is 3.45. The molecule has 1 aliphatic heterocycles. The number of H-pyrrole nitrogens is 1. The predicted octanol–water partition coefficient (Wildman–Crippen LogP) is 2.92. The second kappa shape index (κ2) is 10.2. The Kier molecular flexibility index (Phi) is 6.99. The maximum absolute atomic E-state index is 11.8. The molecular formula is C28H37N5O3. The minimum atomic E-state index is -0.664. The maximum atomic E-state index is 11.8. The summed E-state index contributed by atoms with van der Waals surface area (Å²) in [4.78, 5) is 31.9. The summed E-state index contributed by atoms with van der Waals surface area (Å²) >= 11 is 0. The molecule has 4 unspecified atom stereocenters. The molecular weight excluding hydrogens is 454 g/mol. The van der Waals surface area contributed by atoms with E-state index in [2.05, 4.69) is 57.4 Å². The number of benzene rings is 1. The van der Waals surface area contributed by atoms with Gasteiger partial charge in [-0.3, -0.25) is 13.9 Å². The molecule has 3 heterocycles. The van der Waals surface area contributed by atoms with Gasteiger partial charge in [0.15, 0.2) is 5.65 Å². The highest BCUT2D eigenvalue weighted by Gasteiger charge is 2.48. The zero-order chi connectivity index (χ0) is 25.3. The van der Waals surface area contributed by atoms with Crippen molar-refractivity contribution in [3.8, 4) is 0 Å². The highest BCUT2D eigenvalue weighted by Crippen LogP contribution is 2.52. The molecule has 1 aromatic carbocycles. The number of fused-ring (bicyclic) bond motifs is 3. The molecule has 2 N–H and O–H groups in total. The van der Waals surface area contributed by atoms with E-state index < -0.39 is 5.60 Å². The topological polar surface area (TPSA) is 96.2 Å². The van der Waals surface area contributed by atoms with Crippen LogP contribution in [0.25, 0.3) is 11.2 Å². The zero-order valence-corrected chi connectivity index (χ0v) is 21.3. The SMILES string of the molecule is Cn1c(=O)c2[nH]cnc2n(C)c1=O.OC(CCN1CCCCC1)(c1ccccc1)C1CC2C=CC1C2. The van der Waals surface area contributed by atoms with Crippen molar-refractivity contribution in [2.45, 2.75) is 44.1 Å². The van der Waals surface area contributed by atoms with Crippen LogP contribution in [-0.2, 0) is 19.7 Å². The zero-order valence-electron chi connectivity index (χ0n) is 21.3. The summed E-state index contributed by atoms with van der Waals surface area (Å²) in [6.07, 6.45) is 13.4. The van der Waals surface area contributed by atoms with Gasteiger partial charge in [0.05, 0.1) is 11.9 Å². The molecule has 2 aromatic heterocycles. The fraction of sp³-hybridized carbons (Fsp3) is 0.536. The van der Waals surface area contributed by atoms with Crippen molar-refractivity contribution in [2.24, 2.45) is 31.8 Å². The number of aryl methyl sites for hydroxylation is 1. The molecule has 0 amide bonds. The van der Waals surface area contributed by atoms with Crippen molar-refractivity contribution >= 4 is 11.2 Å². The molecule has 1 saturated heterocycles. The Morgan fingerprint density at radius 1 is 1.03 bits per heavy atom. The summed E-state index contributed by atoms with van der Waals surface area (Å²) in [5.41, 5.74) is 0.476. The van der Waals surface area contributed by atoms with Crippen LogP contribution in [0.1, 0.15) is 44.1 Å². The standard InChI is InChI=1S/C21H29NO.C7H8N4O2/c23-21(19-7-3-1-4-8-19,11-14-22-12-5-2-6-13-22)20-16-17-9-10-18(20)15-17;1-10-5-4(8-3-9-5)6(12)11(2)7(10)13/h1,3-4,7-10,17-18,20,23H,2,5-6,11-16H2;3H,1-2H3,(H,8,9). The summed E-state index contributed by atoms with van der Waals surface area (Å²) in [5.74, 6) is 1.67. The van der Waals surface area contributed by atoms with Gasteiger partial charge in [-0.1, -0.05) is 48.9 Å². The fourth-order valence-corrected chi connectivity index (χ4v) is 6.38. The Labute approximate surface area is 211 Å². The number of aliphatic hydroxyl groups is 1. The van der Waals surface area contributed by atoms with Gasteiger partial charge in [-0.05, 0) is 68.5 Å². The van der Waals surface area contributed by atoms with Crippen LogP contribution < -0.4 is 11.2 Å². The second-order valence-electron chi connectivity index (χ2n) is 10.6. The van der Waals surface area contributed by atoms with E-state index in [-0.39, 0.29) is 11.2 Å². The molecule has 3 aliphatic rings. The number of imidazole rings is 1. The number of hydrogen-bond donors (Lipinski definition) is 2. The molecule has 192 valence electrons. The molecule has 36 heavy (non-hydrogen) atoms. The summed E-state index contributed by atoms with van der Waals surface area (Å²) in [5, 5.41) is 11.8. The van der Waals surface area contributed by atoms with Crippen molar-refractivity contribution in [2.75, 3.05) is 19.6 Å². The van der Waals surface area contributed by atoms with Gasteiger partial charge in [-0.15, -0.1) is 0 Å². The summed E-state index contributed by atoms with van der Waals surface area (Å²) in [6, 6.07) is 10.5. The maximum Gasteiger partial charge on any atom is 0.332 e. The lowest BCUT2D eigenvalue weighted by Crippen LogP contribution is -2.42. The number of nitrogens with zero attached hydrogens (tertiary/aromatic N) is 4. The van der Waals surface area contributed by atoms with E-state index in [1.165, 1.54) is 56.7 Å². The van der Waals surface area contributed by atoms with Gasteiger partial charge in [0.25, 0.3) is 5.56 Å². The van der Waals surface area contributed by atoms with Crippen LogP contribution in [-0.4, -0.2) is 48.7 Å². The summed E-state index contributed by atoms with van der Waals surface area (Å²) in [7, 11) is 3.01. The highest BCUT2D eigenvalue weighted by atomic mass is 16.3. The monoisotopic (exact) mass is 491 g/mol. The van der Waals surface area contributed by atoms with Crippen LogP contribution in [0.15, 0.2) is 58.4 Å². The van der Waals surface area contributed by atoms with E-state index in [4.69, 9.17) is 0 Å². The van der Waals surface area contributed by atoms with Crippen molar-refractivity contribution in [1.29, 1.82) is 0 Å². The van der Waals surface area contributed by atoms with E-state index in [1.807, 2.05) is 0 Å². The van der Waals surface area contributed by atoms with Crippen molar-refractivity contribution in [1.82, 2.24) is 24.0 Å². The molecule has 0 radical (unpaired) electrons. The third kappa shape index (κ3) is 4.60. The molecule has 2 aliphatic carbocycles. The van der Waals surface area contributed by atoms with Crippen LogP contribution in [0.2, 0.25) is 0 Å². The van der Waals surface area contributed by atoms with Gasteiger partial charge in [0.1, 0.15) is 5.52 Å². The summed E-state index contributed by atoms with van der Waals surface area (Å²) < 4.78 is 2.37. The van der Waals surface area contributed by atoms with Crippen LogP contribution in [0.5, 0.6) is 0 Å². The van der Waals surface area contributed by atoms with E-state index in [1.54, 1.807) is 7.05 Å². The third-order valence-corrected chi connectivity index (χ3v) is 8.45. The normalized spacial score (nSPS) is 25.0. The van der Waals surface area contributed by atoms with E-state index in [0.717, 1.165) is 29.5 Å². The quantitative estimate of drug-likeness (QED) is 0.535. The molecule has 1 saturated carbocycles. The third-order valence-electron chi connectivity index (χ3n) is 8.45. The van der Waals surface area contributed by atoms with Gasteiger partial charge in [0, 0.05) is 20.6 Å². The van der Waals surface area contributed by atoms with Crippen molar-refractivity contribution in [3.05, 3.63) is 75.2 Å². The Bertz CT molecular complexity index is 1330. The minimum absolute atomic E-state index is 0.351. The Balaban J connectivity index is 0.000000174. The average molecular weight is 492 g/mol. The van der Waals surface area contributed by atoms with Crippen LogP contribution >= 0.6 is 0 Å². The molecule has 8 nitrogen and oxygen atoms in total. The molecule has 3 aromatic rings. The number of piperidine rings is 1. The molecule has 4 atom stereocenters. The fourth-order valence-electron chi connectivity index (χ4n) is 6.38. The van der Waals surface area contributed by atoms with Gasteiger partial charge < -0.3 is 15.0 Å². The molecule has 6 rings (SSSR count). The largest absolute Gasteiger partial charge is 0.385 e. The smallest absolute Gasteiger partial charge is 0.332 e. The number of aromatic amines is 1. The number of allylic oxidation sites excluding steroid dienone is 2. The Hall–Kier alpha value is -2.97. The number of nitrogens with one attached hydrogen (secondary N) is 1. The van der Waals surface area contributed by atoms with Gasteiger partial charge in [-0.2, -0.15) is 0 Å². The first-order chi connectivity index (χ1) is 17.4. The molecule has 2 bridgehead atoms. The highest BCUT2D eigenvalue weighted by molar-refractivity contribution is 5.68. The first-order valence-electron chi connectivity index (χ1n) is 13.2. The lowest BCUT2D eigenvalue weighted by Gasteiger charge is -2.40. The molecule has 8 heteroatoms. The molecule has 2 fully saturated rings. The number of aromatic nitrogens is 4. The molecule has 0 spiro atoms. The van der Waals surface area contributed by atoms with Gasteiger partial charge in [-0.25, -0.2) is 9.78 Å². The second-order valence-corrected chi connectivity index (χ2v) is 10.6. The van der Waals surface area contributed by atoms with Gasteiger partial charge >= 0.3 is 5.69 Å².